The largest absolute Gasteiger partial charge is 0.350 e. The zero-order chi connectivity index (χ0) is 17.6. The maximum Gasteiger partial charge on any atom is 0.276 e. The van der Waals surface area contributed by atoms with Crippen molar-refractivity contribution in [1.29, 1.82) is 0 Å². The molecule has 128 valence electrons. The highest BCUT2D eigenvalue weighted by Gasteiger charge is 2.56. The van der Waals surface area contributed by atoms with Crippen LogP contribution < -0.4 is 10.6 Å². The number of nitrogens with one attached hydrogen (secondary N) is 2. The van der Waals surface area contributed by atoms with Crippen molar-refractivity contribution in [2.45, 2.75) is 25.4 Å². The Morgan fingerprint density at radius 1 is 1.12 bits per heavy atom. The number of carbonyl (C=O) groups excluding carboxylic acids is 2. The summed E-state index contributed by atoms with van der Waals surface area (Å²) in [6, 6.07) is 11.2. The highest BCUT2D eigenvalue weighted by molar-refractivity contribution is 6.14. The number of fused-ring (bicyclic) bond motifs is 3. The molecule has 0 bridgehead atoms. The second-order valence-corrected chi connectivity index (χ2v) is 6.34. The zero-order valence-electron chi connectivity index (χ0n) is 13.8. The van der Waals surface area contributed by atoms with Crippen molar-refractivity contribution in [3.05, 3.63) is 59.4 Å². The topological polar surface area (TPSA) is 61.4 Å². The van der Waals surface area contributed by atoms with Crippen LogP contribution >= 0.6 is 0 Å². The van der Waals surface area contributed by atoms with E-state index in [1.807, 2.05) is 6.92 Å². The molecule has 2 amide bonds. The standard InChI is InChI=1S/C19H18FN3O2/c1-2-3-10-23-17(24)13-6-4-5-7-15(13)22-19(23)14-11-12(20)8-9-16(14)21-18(19)25/h4-9,11,22H,2-3,10H2,1H3,(H,21,25). The van der Waals surface area contributed by atoms with Gasteiger partial charge in [0.2, 0.25) is 5.66 Å². The summed E-state index contributed by atoms with van der Waals surface area (Å²) < 4.78 is 13.9. The van der Waals surface area contributed by atoms with Gasteiger partial charge in [-0.1, -0.05) is 25.5 Å². The third-order valence-electron chi connectivity index (χ3n) is 4.81. The van der Waals surface area contributed by atoms with E-state index in [0.717, 1.165) is 12.8 Å². The summed E-state index contributed by atoms with van der Waals surface area (Å²) in [7, 11) is 0. The first-order valence-corrected chi connectivity index (χ1v) is 8.38. The number of benzene rings is 2. The van der Waals surface area contributed by atoms with E-state index >= 15 is 0 Å². The van der Waals surface area contributed by atoms with E-state index in [1.165, 1.54) is 23.1 Å². The van der Waals surface area contributed by atoms with E-state index in [2.05, 4.69) is 10.6 Å². The molecule has 2 N–H and O–H groups in total. The monoisotopic (exact) mass is 339 g/mol. The molecule has 0 fully saturated rings. The summed E-state index contributed by atoms with van der Waals surface area (Å²) in [6.45, 7) is 2.42. The number of unbranched alkanes of at least 4 members (excludes halogenated alkanes) is 1. The smallest absolute Gasteiger partial charge is 0.276 e. The molecule has 1 unspecified atom stereocenters. The van der Waals surface area contributed by atoms with Crippen LogP contribution in [-0.2, 0) is 10.5 Å². The molecule has 2 heterocycles. The van der Waals surface area contributed by atoms with Crippen LogP contribution in [0.5, 0.6) is 0 Å². The quantitative estimate of drug-likeness (QED) is 0.902. The van der Waals surface area contributed by atoms with Crippen LogP contribution in [0.4, 0.5) is 15.8 Å². The van der Waals surface area contributed by atoms with Crippen LogP contribution in [0.25, 0.3) is 0 Å². The lowest BCUT2D eigenvalue weighted by Crippen LogP contribution is -2.61. The molecule has 5 nitrogen and oxygen atoms in total. The van der Waals surface area contributed by atoms with Gasteiger partial charge in [-0.15, -0.1) is 0 Å². The average Bonchev–Trinajstić information content (AvgIpc) is 2.87. The molecule has 25 heavy (non-hydrogen) atoms. The van der Waals surface area contributed by atoms with Crippen molar-refractivity contribution in [3.8, 4) is 0 Å². The number of rotatable bonds is 3. The van der Waals surface area contributed by atoms with Crippen LogP contribution in [-0.4, -0.2) is 23.3 Å². The van der Waals surface area contributed by atoms with Crippen LogP contribution in [0, 0.1) is 5.82 Å². The van der Waals surface area contributed by atoms with Crippen LogP contribution in [0.1, 0.15) is 35.7 Å². The maximum atomic E-state index is 13.9. The molecule has 2 aliphatic rings. The number of anilines is 2. The van der Waals surface area contributed by atoms with Crippen molar-refractivity contribution >= 4 is 23.2 Å². The normalized spacial score (nSPS) is 21.0. The highest BCUT2D eigenvalue weighted by atomic mass is 19.1. The number of amides is 2. The minimum absolute atomic E-state index is 0.227. The Morgan fingerprint density at radius 2 is 1.92 bits per heavy atom. The molecule has 0 radical (unpaired) electrons. The number of halogens is 1. The van der Waals surface area contributed by atoms with Gasteiger partial charge in [-0.25, -0.2) is 4.39 Å². The van der Waals surface area contributed by atoms with E-state index in [9.17, 15) is 14.0 Å². The Balaban J connectivity index is 1.94. The molecule has 2 aromatic rings. The highest BCUT2D eigenvalue weighted by Crippen LogP contribution is 2.45. The average molecular weight is 339 g/mol. The molecule has 1 atom stereocenters. The minimum atomic E-state index is -1.42. The summed E-state index contributed by atoms with van der Waals surface area (Å²) in [5.41, 5.74) is 0.635. The fourth-order valence-corrected chi connectivity index (χ4v) is 3.58. The lowest BCUT2D eigenvalue weighted by Gasteiger charge is -2.44. The van der Waals surface area contributed by atoms with Crippen molar-refractivity contribution in [2.24, 2.45) is 0 Å². The first-order chi connectivity index (χ1) is 12.1. The zero-order valence-corrected chi connectivity index (χ0v) is 13.8. The number of hydrogen-bond acceptors (Lipinski definition) is 3. The van der Waals surface area contributed by atoms with Gasteiger partial charge in [-0.2, -0.15) is 0 Å². The van der Waals surface area contributed by atoms with Gasteiger partial charge in [0, 0.05) is 23.5 Å². The fraction of sp³-hybridized carbons (Fsp3) is 0.263. The fourth-order valence-electron chi connectivity index (χ4n) is 3.58. The Bertz CT molecular complexity index is 883. The molecule has 1 spiro atoms. The van der Waals surface area contributed by atoms with Gasteiger partial charge in [0.05, 0.1) is 5.56 Å². The summed E-state index contributed by atoms with van der Waals surface area (Å²) in [5, 5.41) is 6.00. The first-order valence-electron chi connectivity index (χ1n) is 8.38. The minimum Gasteiger partial charge on any atom is -0.350 e. The predicted molar refractivity (Wildman–Crippen MR) is 92.7 cm³/mol. The molecule has 0 aromatic heterocycles. The molecule has 0 aliphatic carbocycles. The van der Waals surface area contributed by atoms with Gasteiger partial charge < -0.3 is 15.5 Å². The number of nitrogens with zero attached hydrogens (tertiary/aromatic N) is 1. The molecule has 4 rings (SSSR count). The van der Waals surface area contributed by atoms with Crippen LogP contribution in [0.2, 0.25) is 0 Å². The van der Waals surface area contributed by atoms with Gasteiger partial charge in [0.1, 0.15) is 5.82 Å². The van der Waals surface area contributed by atoms with Gasteiger partial charge in [0.15, 0.2) is 0 Å². The lowest BCUT2D eigenvalue weighted by atomic mass is 9.92. The molecular weight excluding hydrogens is 321 g/mol. The van der Waals surface area contributed by atoms with Crippen molar-refractivity contribution in [3.63, 3.8) is 0 Å². The summed E-state index contributed by atoms with van der Waals surface area (Å²) in [4.78, 5) is 27.6. The maximum absolute atomic E-state index is 13.9. The van der Waals surface area contributed by atoms with Crippen LogP contribution in [0.15, 0.2) is 42.5 Å². The van der Waals surface area contributed by atoms with Crippen LogP contribution in [0.3, 0.4) is 0 Å². The van der Waals surface area contributed by atoms with Crippen molar-refractivity contribution in [2.75, 3.05) is 17.2 Å². The molecule has 0 saturated heterocycles. The Hall–Kier alpha value is -2.89. The van der Waals surface area contributed by atoms with Gasteiger partial charge in [-0.05, 0) is 36.8 Å². The third kappa shape index (κ3) is 2.13. The third-order valence-corrected chi connectivity index (χ3v) is 4.81. The molecule has 0 saturated carbocycles. The van der Waals surface area contributed by atoms with Crippen molar-refractivity contribution in [1.82, 2.24) is 4.90 Å². The lowest BCUT2D eigenvalue weighted by molar-refractivity contribution is -0.125. The van der Waals surface area contributed by atoms with E-state index in [1.54, 1.807) is 24.3 Å². The first kappa shape index (κ1) is 15.6. The van der Waals surface area contributed by atoms with E-state index in [4.69, 9.17) is 0 Å². The number of carbonyl (C=O) groups is 2. The number of hydrogen-bond donors (Lipinski definition) is 2. The second kappa shape index (κ2) is 5.58. The van der Waals surface area contributed by atoms with E-state index in [0.29, 0.717) is 29.0 Å². The Labute approximate surface area is 144 Å². The Kier molecular flexibility index (Phi) is 3.49. The van der Waals surface area contributed by atoms with Gasteiger partial charge in [0.25, 0.3) is 11.8 Å². The van der Waals surface area contributed by atoms with Crippen molar-refractivity contribution < 1.29 is 14.0 Å². The molecule has 2 aliphatic heterocycles. The van der Waals surface area contributed by atoms with E-state index in [-0.39, 0.29) is 11.8 Å². The predicted octanol–water partition coefficient (Wildman–Crippen LogP) is 3.30. The number of para-hydroxylation sites is 1. The van der Waals surface area contributed by atoms with E-state index < -0.39 is 11.5 Å². The Morgan fingerprint density at radius 3 is 2.72 bits per heavy atom. The summed E-state index contributed by atoms with van der Waals surface area (Å²) in [5.74, 6) is -1.04. The SMILES string of the molecule is CCCCN1C(=O)c2ccccc2NC12C(=O)Nc1ccc(F)cc12. The molecular formula is C19H18FN3O2. The van der Waals surface area contributed by atoms with Gasteiger partial charge >= 0.3 is 0 Å². The molecule has 6 heteroatoms. The summed E-state index contributed by atoms with van der Waals surface area (Å²) >= 11 is 0. The summed E-state index contributed by atoms with van der Waals surface area (Å²) in [6.07, 6.45) is 1.62. The molecule has 2 aromatic carbocycles. The van der Waals surface area contributed by atoms with Gasteiger partial charge in [-0.3, -0.25) is 9.59 Å². The second-order valence-electron chi connectivity index (χ2n) is 6.34.